The second kappa shape index (κ2) is 7.43. The van der Waals surface area contributed by atoms with E-state index in [-0.39, 0.29) is 12.4 Å². The normalized spacial score (nSPS) is 11.6. The second-order valence-corrected chi connectivity index (χ2v) is 4.43. The monoisotopic (exact) mass is 275 g/mol. The molecule has 1 aromatic rings. The second-order valence-electron chi connectivity index (χ2n) is 4.43. The summed E-state index contributed by atoms with van der Waals surface area (Å²) < 4.78 is 49.0. The molecule has 0 unspecified atom stereocenters. The molecule has 0 radical (unpaired) electrons. The van der Waals surface area contributed by atoms with Crippen LogP contribution in [0.3, 0.4) is 0 Å². The first kappa shape index (κ1) is 15.9. The molecule has 1 aromatic carbocycles. The fourth-order valence-electron chi connectivity index (χ4n) is 1.61. The van der Waals surface area contributed by atoms with Crippen molar-refractivity contribution in [2.75, 3.05) is 19.8 Å². The molecular formula is C13H19BF3O2-. The molecule has 0 amide bonds. The summed E-state index contributed by atoms with van der Waals surface area (Å²) in [5.74, 6) is -0.114. The van der Waals surface area contributed by atoms with Crippen LogP contribution in [0.5, 0.6) is 5.75 Å². The maximum absolute atomic E-state index is 12.9. The molecular weight excluding hydrogens is 256 g/mol. The van der Waals surface area contributed by atoms with Crippen LogP contribution in [0.4, 0.5) is 12.9 Å². The fraction of sp³-hybridized carbons (Fsp3) is 0.538. The Labute approximate surface area is 112 Å². The zero-order chi connectivity index (χ0) is 14.3. The van der Waals surface area contributed by atoms with Gasteiger partial charge in [0.2, 0.25) is 0 Å². The first-order chi connectivity index (χ1) is 8.95. The lowest BCUT2D eigenvalue weighted by Gasteiger charge is -2.20. The topological polar surface area (TPSA) is 18.5 Å². The van der Waals surface area contributed by atoms with Gasteiger partial charge in [-0.2, -0.15) is 0 Å². The van der Waals surface area contributed by atoms with Crippen molar-refractivity contribution >= 4 is 12.4 Å². The van der Waals surface area contributed by atoms with Crippen molar-refractivity contribution in [1.29, 1.82) is 0 Å². The van der Waals surface area contributed by atoms with E-state index in [9.17, 15) is 12.9 Å². The number of hydrogen-bond donors (Lipinski definition) is 0. The van der Waals surface area contributed by atoms with Gasteiger partial charge in [-0.05, 0) is 19.4 Å². The zero-order valence-electron chi connectivity index (χ0n) is 11.3. The molecule has 0 aromatic heterocycles. The molecule has 0 N–H and O–H groups in total. The summed E-state index contributed by atoms with van der Waals surface area (Å²) in [6.45, 7) is -0.331. The third kappa shape index (κ3) is 5.55. The van der Waals surface area contributed by atoms with E-state index in [0.717, 1.165) is 18.9 Å². The molecule has 1 rings (SSSR count). The van der Waals surface area contributed by atoms with Crippen LogP contribution in [0.15, 0.2) is 18.2 Å². The average Bonchev–Trinajstić information content (AvgIpc) is 2.34. The maximum atomic E-state index is 12.9. The van der Waals surface area contributed by atoms with Crippen LogP contribution in [0.2, 0.25) is 0 Å². The van der Waals surface area contributed by atoms with Crippen LogP contribution in [0.1, 0.15) is 25.3 Å². The number of rotatable bonds is 8. The van der Waals surface area contributed by atoms with Crippen LogP contribution >= 0.6 is 0 Å². The molecule has 6 heteroatoms. The molecule has 0 bridgehead atoms. The minimum atomic E-state index is -5.05. The van der Waals surface area contributed by atoms with E-state index in [0.29, 0.717) is 18.8 Å². The standard InChI is InChI=1S/C13H19BF3O2/c1-3-4-7-18-8-9-19-13-6-5-11(2)10-12(13)14(15,16)17/h5-6,10H,3-4,7-9H2,1-2H3/q-1. The summed E-state index contributed by atoms with van der Waals surface area (Å²) in [6, 6.07) is 4.10. The highest BCUT2D eigenvalue weighted by Gasteiger charge is 2.29. The van der Waals surface area contributed by atoms with Crippen molar-refractivity contribution < 1.29 is 22.4 Å². The Morgan fingerprint density at radius 1 is 1.11 bits per heavy atom. The number of aryl methyl sites for hydroxylation is 1. The molecule has 2 nitrogen and oxygen atoms in total. The van der Waals surface area contributed by atoms with E-state index >= 15 is 0 Å². The van der Waals surface area contributed by atoms with Crippen LogP contribution in [-0.4, -0.2) is 26.8 Å². The van der Waals surface area contributed by atoms with Crippen molar-refractivity contribution in [3.8, 4) is 5.75 Å². The third-order valence-electron chi connectivity index (χ3n) is 2.65. The molecule has 0 atom stereocenters. The summed E-state index contributed by atoms with van der Waals surface area (Å²) in [6.07, 6.45) is 1.97. The predicted octanol–water partition coefficient (Wildman–Crippen LogP) is 3.24. The molecule has 0 aliphatic carbocycles. The molecule has 0 aliphatic heterocycles. The Balaban J connectivity index is 2.54. The summed E-state index contributed by atoms with van der Waals surface area (Å²) in [4.78, 5) is 0. The summed E-state index contributed by atoms with van der Waals surface area (Å²) in [5.41, 5.74) is -0.102. The van der Waals surface area contributed by atoms with Gasteiger partial charge in [0.15, 0.2) is 0 Å². The van der Waals surface area contributed by atoms with Gasteiger partial charge >= 0.3 is 6.98 Å². The van der Waals surface area contributed by atoms with E-state index in [1.807, 2.05) is 6.92 Å². The quantitative estimate of drug-likeness (QED) is 0.535. The number of halogens is 3. The summed E-state index contributed by atoms with van der Waals surface area (Å²) in [7, 11) is 0. The van der Waals surface area contributed by atoms with Crippen molar-refractivity contribution in [2.45, 2.75) is 26.7 Å². The van der Waals surface area contributed by atoms with Crippen LogP contribution in [-0.2, 0) is 4.74 Å². The average molecular weight is 275 g/mol. The van der Waals surface area contributed by atoms with Gasteiger partial charge in [-0.25, -0.2) is 0 Å². The fourth-order valence-corrected chi connectivity index (χ4v) is 1.61. The van der Waals surface area contributed by atoms with E-state index in [2.05, 4.69) is 0 Å². The minimum absolute atomic E-state index is 0.114. The first-order valence-corrected chi connectivity index (χ1v) is 6.46. The lowest BCUT2D eigenvalue weighted by atomic mass is 9.78. The maximum Gasteiger partial charge on any atom is 0.513 e. The molecule has 0 heterocycles. The van der Waals surface area contributed by atoms with Crippen LogP contribution < -0.4 is 10.2 Å². The number of ether oxygens (including phenoxy) is 2. The highest BCUT2D eigenvalue weighted by Crippen LogP contribution is 2.19. The Morgan fingerprint density at radius 2 is 1.84 bits per heavy atom. The molecule has 0 fully saturated rings. The highest BCUT2D eigenvalue weighted by atomic mass is 19.4. The van der Waals surface area contributed by atoms with Gasteiger partial charge in [0, 0.05) is 6.61 Å². The third-order valence-corrected chi connectivity index (χ3v) is 2.65. The Bertz CT molecular complexity index is 394. The van der Waals surface area contributed by atoms with Crippen LogP contribution in [0.25, 0.3) is 0 Å². The van der Waals surface area contributed by atoms with Gasteiger partial charge < -0.3 is 22.4 Å². The lowest BCUT2D eigenvalue weighted by molar-refractivity contribution is 0.0983. The first-order valence-electron chi connectivity index (χ1n) is 6.46. The van der Waals surface area contributed by atoms with Gasteiger partial charge in [0.25, 0.3) is 0 Å². The lowest BCUT2D eigenvalue weighted by Crippen LogP contribution is -2.35. The van der Waals surface area contributed by atoms with Crippen molar-refractivity contribution in [3.05, 3.63) is 23.8 Å². The van der Waals surface area contributed by atoms with Crippen molar-refractivity contribution in [1.82, 2.24) is 0 Å². The number of hydrogen-bond acceptors (Lipinski definition) is 2. The van der Waals surface area contributed by atoms with Gasteiger partial charge in [-0.1, -0.05) is 36.5 Å². The SMILES string of the molecule is CCCCOCCOc1ccc(C)cc1[B-](F)(F)F. The predicted molar refractivity (Wildman–Crippen MR) is 71.1 cm³/mol. The van der Waals surface area contributed by atoms with Crippen molar-refractivity contribution in [3.63, 3.8) is 0 Å². The largest absolute Gasteiger partial charge is 0.513 e. The Hall–Kier alpha value is -1.17. The van der Waals surface area contributed by atoms with E-state index < -0.39 is 12.4 Å². The molecule has 0 aliphatic rings. The van der Waals surface area contributed by atoms with E-state index in [1.54, 1.807) is 13.0 Å². The Morgan fingerprint density at radius 3 is 2.47 bits per heavy atom. The highest BCUT2D eigenvalue weighted by molar-refractivity contribution is 6.74. The summed E-state index contributed by atoms with van der Waals surface area (Å²) >= 11 is 0. The number of benzene rings is 1. The molecule has 0 saturated carbocycles. The van der Waals surface area contributed by atoms with Crippen molar-refractivity contribution in [2.24, 2.45) is 0 Å². The smallest absolute Gasteiger partial charge is 0.494 e. The molecule has 0 saturated heterocycles. The molecule has 108 valence electrons. The van der Waals surface area contributed by atoms with E-state index in [4.69, 9.17) is 9.47 Å². The number of unbranched alkanes of at least 4 members (excludes halogenated alkanes) is 1. The van der Waals surface area contributed by atoms with Gasteiger partial charge in [-0.15, -0.1) is 0 Å². The van der Waals surface area contributed by atoms with Gasteiger partial charge in [-0.3, -0.25) is 0 Å². The van der Waals surface area contributed by atoms with Gasteiger partial charge in [0.05, 0.1) is 12.4 Å². The Kier molecular flexibility index (Phi) is 6.21. The van der Waals surface area contributed by atoms with Gasteiger partial charge in [0.1, 0.15) is 6.61 Å². The zero-order valence-corrected chi connectivity index (χ0v) is 11.3. The summed E-state index contributed by atoms with van der Waals surface area (Å²) in [5, 5.41) is 0. The van der Waals surface area contributed by atoms with E-state index in [1.165, 1.54) is 6.07 Å². The molecule has 19 heavy (non-hydrogen) atoms. The van der Waals surface area contributed by atoms with Crippen LogP contribution in [0, 0.1) is 6.92 Å². The molecule has 0 spiro atoms. The minimum Gasteiger partial charge on any atom is -0.494 e.